The highest BCUT2D eigenvalue weighted by atomic mass is 32.1. The van der Waals surface area contributed by atoms with E-state index in [4.69, 9.17) is 29.9 Å². The van der Waals surface area contributed by atoms with Crippen LogP contribution in [-0.2, 0) is 5.41 Å². The normalized spacial score (nSPS) is 12.8. The molecule has 0 radical (unpaired) electrons. The number of benzene rings is 5. The first-order valence-corrected chi connectivity index (χ1v) is 17.4. The Labute approximate surface area is 294 Å². The standard InChI is InChI=1S/C43H30N6S/c1-43(2)32-26-16-15-25-31(32)33-34(43)36(42-48-39(29-21-11-5-12-22-29)45-40(49-42)30-23-13-6-14-24-30)50-35(33)41-46-37(27-17-7-3-8-18-27)44-38(47-41)28-19-9-4-10-20-28/h3-26H,1-2H3. The van der Waals surface area contributed by atoms with E-state index < -0.39 is 0 Å². The van der Waals surface area contributed by atoms with E-state index in [2.05, 4.69) is 38.1 Å². The van der Waals surface area contributed by atoms with Crippen LogP contribution in [0.5, 0.6) is 0 Å². The number of fused-ring (bicyclic) bond motifs is 3. The van der Waals surface area contributed by atoms with Crippen LogP contribution < -0.4 is 0 Å². The van der Waals surface area contributed by atoms with Gasteiger partial charge < -0.3 is 0 Å². The Hall–Kier alpha value is -6.18. The fourth-order valence-electron chi connectivity index (χ4n) is 6.80. The first-order chi connectivity index (χ1) is 24.5. The van der Waals surface area contributed by atoms with Gasteiger partial charge >= 0.3 is 0 Å². The summed E-state index contributed by atoms with van der Waals surface area (Å²) in [6, 6.07) is 49.1. The fraction of sp³-hybridized carbons (Fsp3) is 0.0698. The molecular formula is C43H30N6S. The maximum atomic E-state index is 5.18. The number of aromatic nitrogens is 6. The molecule has 5 aromatic carbocycles. The van der Waals surface area contributed by atoms with Crippen molar-refractivity contribution in [2.75, 3.05) is 0 Å². The predicted octanol–water partition coefficient (Wildman–Crippen LogP) is 10.4. The molecular weight excluding hydrogens is 633 g/mol. The molecule has 0 fully saturated rings. The molecule has 7 heteroatoms. The molecule has 1 aliphatic rings. The molecule has 0 amide bonds. The third-order valence-electron chi connectivity index (χ3n) is 9.21. The SMILES string of the molecule is CC1(C)c2ccccc2-c2c(-c3nc(-c4ccccc4)nc(-c4ccccc4)n3)sc(-c3nc(-c4ccccc4)nc(-c4ccccc4)n3)c21. The summed E-state index contributed by atoms with van der Waals surface area (Å²) in [5, 5.41) is 0. The van der Waals surface area contributed by atoms with E-state index in [0.717, 1.165) is 37.6 Å². The zero-order valence-corrected chi connectivity index (χ0v) is 28.3. The Balaban J connectivity index is 1.34. The van der Waals surface area contributed by atoms with Gasteiger partial charge in [-0.15, -0.1) is 11.3 Å². The highest BCUT2D eigenvalue weighted by Gasteiger charge is 2.42. The average Bonchev–Trinajstić information content (AvgIpc) is 3.70. The average molecular weight is 663 g/mol. The number of thiophene rings is 1. The second-order valence-electron chi connectivity index (χ2n) is 12.8. The topological polar surface area (TPSA) is 77.3 Å². The van der Waals surface area contributed by atoms with Crippen LogP contribution in [0.3, 0.4) is 0 Å². The summed E-state index contributed by atoms with van der Waals surface area (Å²) in [5.41, 5.74) is 8.11. The van der Waals surface area contributed by atoms with Crippen molar-refractivity contribution in [1.82, 2.24) is 29.9 Å². The molecule has 0 atom stereocenters. The van der Waals surface area contributed by atoms with Crippen LogP contribution in [0.2, 0.25) is 0 Å². The van der Waals surface area contributed by atoms with E-state index in [-0.39, 0.29) is 5.41 Å². The lowest BCUT2D eigenvalue weighted by Crippen LogP contribution is -2.15. The molecule has 6 nitrogen and oxygen atoms in total. The van der Waals surface area contributed by atoms with Gasteiger partial charge in [0.15, 0.2) is 34.9 Å². The molecule has 0 aliphatic heterocycles. The molecule has 50 heavy (non-hydrogen) atoms. The van der Waals surface area contributed by atoms with E-state index >= 15 is 0 Å². The van der Waals surface area contributed by atoms with Crippen molar-refractivity contribution in [1.29, 1.82) is 0 Å². The molecule has 238 valence electrons. The number of hydrogen-bond acceptors (Lipinski definition) is 7. The molecule has 1 aliphatic carbocycles. The lowest BCUT2D eigenvalue weighted by molar-refractivity contribution is 0.663. The molecule has 0 spiro atoms. The van der Waals surface area contributed by atoms with E-state index in [0.29, 0.717) is 34.9 Å². The van der Waals surface area contributed by atoms with Gasteiger partial charge in [0.05, 0.1) is 9.75 Å². The summed E-state index contributed by atoms with van der Waals surface area (Å²) in [6.45, 7) is 4.57. The maximum Gasteiger partial charge on any atom is 0.174 e. The predicted molar refractivity (Wildman–Crippen MR) is 201 cm³/mol. The monoisotopic (exact) mass is 662 g/mol. The van der Waals surface area contributed by atoms with Crippen LogP contribution in [-0.4, -0.2) is 29.9 Å². The Morgan fingerprint density at radius 2 is 0.720 bits per heavy atom. The van der Waals surface area contributed by atoms with Crippen LogP contribution in [0.4, 0.5) is 0 Å². The van der Waals surface area contributed by atoms with Gasteiger partial charge in [0.1, 0.15) is 0 Å². The van der Waals surface area contributed by atoms with Crippen molar-refractivity contribution in [2.24, 2.45) is 0 Å². The summed E-state index contributed by atoms with van der Waals surface area (Å²) < 4.78 is 0. The molecule has 8 aromatic rings. The summed E-state index contributed by atoms with van der Waals surface area (Å²) in [4.78, 5) is 32.6. The molecule has 9 rings (SSSR count). The third kappa shape index (κ3) is 5.11. The van der Waals surface area contributed by atoms with Crippen molar-refractivity contribution < 1.29 is 0 Å². The fourth-order valence-corrected chi connectivity index (χ4v) is 8.14. The zero-order chi connectivity index (χ0) is 33.7. The van der Waals surface area contributed by atoms with E-state index in [9.17, 15) is 0 Å². The highest BCUT2D eigenvalue weighted by Crippen LogP contribution is 2.58. The van der Waals surface area contributed by atoms with Gasteiger partial charge in [-0.3, -0.25) is 0 Å². The first-order valence-electron chi connectivity index (χ1n) is 16.6. The van der Waals surface area contributed by atoms with Crippen LogP contribution in [0.25, 0.3) is 78.1 Å². The summed E-state index contributed by atoms with van der Waals surface area (Å²) in [5.74, 6) is 3.77. The minimum atomic E-state index is -0.333. The van der Waals surface area contributed by atoms with Crippen molar-refractivity contribution >= 4 is 11.3 Å². The van der Waals surface area contributed by atoms with Crippen LogP contribution >= 0.6 is 11.3 Å². The summed E-state index contributed by atoms with van der Waals surface area (Å²) >= 11 is 1.64. The van der Waals surface area contributed by atoms with Gasteiger partial charge in [-0.2, -0.15) is 0 Å². The second kappa shape index (κ2) is 12.1. The van der Waals surface area contributed by atoms with Crippen molar-refractivity contribution in [3.05, 3.63) is 157 Å². The Bertz CT molecular complexity index is 2380. The van der Waals surface area contributed by atoms with Crippen LogP contribution in [0.15, 0.2) is 146 Å². The quantitative estimate of drug-likeness (QED) is 0.176. The zero-order valence-electron chi connectivity index (χ0n) is 27.4. The Morgan fingerprint density at radius 3 is 1.14 bits per heavy atom. The minimum absolute atomic E-state index is 0.333. The molecule has 0 saturated carbocycles. The lowest BCUT2D eigenvalue weighted by Gasteiger charge is -2.22. The van der Waals surface area contributed by atoms with Crippen LogP contribution in [0.1, 0.15) is 25.0 Å². The van der Waals surface area contributed by atoms with E-state index in [1.165, 1.54) is 16.7 Å². The van der Waals surface area contributed by atoms with Gasteiger partial charge in [-0.1, -0.05) is 159 Å². The van der Waals surface area contributed by atoms with Gasteiger partial charge in [0.25, 0.3) is 0 Å². The molecule has 0 saturated heterocycles. The summed E-state index contributed by atoms with van der Waals surface area (Å²) in [6.07, 6.45) is 0. The van der Waals surface area contributed by atoms with Crippen molar-refractivity contribution in [3.63, 3.8) is 0 Å². The first kappa shape index (κ1) is 29.9. The number of rotatable bonds is 6. The Kier molecular flexibility index (Phi) is 7.21. The van der Waals surface area contributed by atoms with Gasteiger partial charge in [-0.25, -0.2) is 29.9 Å². The molecule has 0 unspecified atom stereocenters. The van der Waals surface area contributed by atoms with Crippen molar-refractivity contribution in [3.8, 4) is 78.1 Å². The Morgan fingerprint density at radius 1 is 0.380 bits per heavy atom. The van der Waals surface area contributed by atoms with Gasteiger partial charge in [-0.05, 0) is 16.7 Å². The lowest BCUT2D eigenvalue weighted by atomic mass is 9.82. The largest absolute Gasteiger partial charge is 0.208 e. The van der Waals surface area contributed by atoms with E-state index in [1.54, 1.807) is 11.3 Å². The van der Waals surface area contributed by atoms with Gasteiger partial charge in [0, 0.05) is 33.2 Å². The molecule has 0 N–H and O–H groups in total. The number of nitrogens with zero attached hydrogens (tertiary/aromatic N) is 6. The number of hydrogen-bond donors (Lipinski definition) is 0. The summed E-state index contributed by atoms with van der Waals surface area (Å²) in [7, 11) is 0. The smallest absolute Gasteiger partial charge is 0.174 e. The third-order valence-corrected chi connectivity index (χ3v) is 10.4. The van der Waals surface area contributed by atoms with Crippen LogP contribution in [0, 0.1) is 0 Å². The van der Waals surface area contributed by atoms with E-state index in [1.807, 2.05) is 121 Å². The molecule has 3 heterocycles. The molecule has 3 aromatic heterocycles. The second-order valence-corrected chi connectivity index (χ2v) is 13.8. The highest BCUT2D eigenvalue weighted by molar-refractivity contribution is 7.19. The van der Waals surface area contributed by atoms with Gasteiger partial charge in [0.2, 0.25) is 0 Å². The maximum absolute atomic E-state index is 5.18. The minimum Gasteiger partial charge on any atom is -0.208 e. The van der Waals surface area contributed by atoms with Crippen molar-refractivity contribution in [2.45, 2.75) is 19.3 Å². The molecule has 0 bridgehead atoms.